The number of benzene rings is 2. The largest absolute Gasteiger partial charge is 0.365 e. The maximum Gasteiger partial charge on any atom is 0.276 e. The van der Waals surface area contributed by atoms with E-state index in [9.17, 15) is 9.18 Å². The summed E-state index contributed by atoms with van der Waals surface area (Å²) in [6.07, 6.45) is 0. The van der Waals surface area contributed by atoms with Crippen molar-refractivity contribution in [2.45, 2.75) is 20.4 Å². The van der Waals surface area contributed by atoms with E-state index in [0.717, 1.165) is 22.4 Å². The molecule has 2 N–H and O–H groups in total. The molecule has 1 heterocycles. The van der Waals surface area contributed by atoms with Crippen LogP contribution in [-0.2, 0) is 6.54 Å². The number of carbonyl (C=O) groups is 1. The van der Waals surface area contributed by atoms with E-state index in [-0.39, 0.29) is 17.4 Å². The number of hydrogen-bond donors (Lipinski definition) is 2. The molecular weight excluding hydrogens is 331 g/mol. The standard InChI is InChI=1S/C20H19FN4O/c1-13-3-4-14(2)18(11-13)23-20(26)17-9-10-19(25-24-17)22-12-15-5-7-16(21)8-6-15/h3-11H,12H2,1-2H3,(H,22,25)(H,23,26). The highest BCUT2D eigenvalue weighted by molar-refractivity contribution is 6.03. The Balaban J connectivity index is 1.62. The van der Waals surface area contributed by atoms with E-state index in [1.807, 2.05) is 32.0 Å². The molecule has 0 fully saturated rings. The Morgan fingerprint density at radius 3 is 2.46 bits per heavy atom. The van der Waals surface area contributed by atoms with Gasteiger partial charge < -0.3 is 10.6 Å². The minimum absolute atomic E-state index is 0.234. The number of anilines is 2. The zero-order valence-corrected chi connectivity index (χ0v) is 14.6. The van der Waals surface area contributed by atoms with Crippen molar-refractivity contribution in [3.63, 3.8) is 0 Å². The fourth-order valence-electron chi connectivity index (χ4n) is 2.40. The number of aryl methyl sites for hydroxylation is 2. The van der Waals surface area contributed by atoms with Gasteiger partial charge in [-0.05, 0) is 60.9 Å². The Morgan fingerprint density at radius 1 is 1.00 bits per heavy atom. The average molecular weight is 350 g/mol. The molecule has 3 aromatic rings. The van der Waals surface area contributed by atoms with Gasteiger partial charge in [0.2, 0.25) is 0 Å². The van der Waals surface area contributed by atoms with Crippen molar-refractivity contribution in [2.75, 3.05) is 10.6 Å². The summed E-state index contributed by atoms with van der Waals surface area (Å²) in [4.78, 5) is 12.3. The zero-order valence-electron chi connectivity index (χ0n) is 14.6. The quantitative estimate of drug-likeness (QED) is 0.727. The van der Waals surface area contributed by atoms with Gasteiger partial charge in [0.15, 0.2) is 5.69 Å². The molecule has 6 heteroatoms. The number of nitrogens with zero attached hydrogens (tertiary/aromatic N) is 2. The maximum absolute atomic E-state index is 12.9. The van der Waals surface area contributed by atoms with E-state index in [0.29, 0.717) is 12.4 Å². The zero-order chi connectivity index (χ0) is 18.5. The van der Waals surface area contributed by atoms with Crippen LogP contribution >= 0.6 is 0 Å². The molecule has 1 amide bonds. The Bertz CT molecular complexity index is 908. The summed E-state index contributed by atoms with van der Waals surface area (Å²) in [5, 5.41) is 13.9. The molecule has 0 unspecified atom stereocenters. The van der Waals surface area contributed by atoms with E-state index in [4.69, 9.17) is 0 Å². The van der Waals surface area contributed by atoms with Gasteiger partial charge in [-0.1, -0.05) is 24.3 Å². The molecule has 2 aromatic carbocycles. The Kier molecular flexibility index (Phi) is 5.22. The van der Waals surface area contributed by atoms with Crippen LogP contribution in [0.25, 0.3) is 0 Å². The third-order valence-corrected chi connectivity index (χ3v) is 3.93. The van der Waals surface area contributed by atoms with Crippen LogP contribution < -0.4 is 10.6 Å². The van der Waals surface area contributed by atoms with Gasteiger partial charge in [-0.15, -0.1) is 10.2 Å². The Morgan fingerprint density at radius 2 is 1.77 bits per heavy atom. The number of rotatable bonds is 5. The lowest BCUT2D eigenvalue weighted by Crippen LogP contribution is -2.15. The van der Waals surface area contributed by atoms with Crippen LogP contribution in [0.3, 0.4) is 0 Å². The number of nitrogens with one attached hydrogen (secondary N) is 2. The summed E-state index contributed by atoms with van der Waals surface area (Å²) in [5.74, 6) is -0.0401. The molecule has 0 aliphatic carbocycles. The van der Waals surface area contributed by atoms with Crippen molar-refractivity contribution >= 4 is 17.4 Å². The SMILES string of the molecule is Cc1ccc(C)c(NC(=O)c2ccc(NCc3ccc(F)cc3)nn2)c1. The summed E-state index contributed by atoms with van der Waals surface area (Å²) in [6.45, 7) is 4.39. The van der Waals surface area contributed by atoms with Gasteiger partial charge in [-0.2, -0.15) is 0 Å². The van der Waals surface area contributed by atoms with E-state index in [2.05, 4.69) is 20.8 Å². The lowest BCUT2D eigenvalue weighted by atomic mass is 10.1. The molecule has 3 rings (SSSR count). The predicted octanol–water partition coefficient (Wildman–Crippen LogP) is 4.10. The van der Waals surface area contributed by atoms with Crippen molar-refractivity contribution in [3.05, 3.63) is 82.8 Å². The molecule has 26 heavy (non-hydrogen) atoms. The van der Waals surface area contributed by atoms with Crippen LogP contribution in [-0.4, -0.2) is 16.1 Å². The molecular formula is C20H19FN4O. The van der Waals surface area contributed by atoms with Gasteiger partial charge >= 0.3 is 0 Å². The molecule has 0 spiro atoms. The fraction of sp³-hybridized carbons (Fsp3) is 0.150. The first-order chi connectivity index (χ1) is 12.5. The summed E-state index contributed by atoms with van der Waals surface area (Å²) in [7, 11) is 0. The molecule has 0 radical (unpaired) electrons. The van der Waals surface area contributed by atoms with Crippen LogP contribution in [0.2, 0.25) is 0 Å². The van der Waals surface area contributed by atoms with E-state index >= 15 is 0 Å². The summed E-state index contributed by atoms with van der Waals surface area (Å²) >= 11 is 0. The van der Waals surface area contributed by atoms with Crippen molar-refractivity contribution in [1.82, 2.24) is 10.2 Å². The monoisotopic (exact) mass is 350 g/mol. The lowest BCUT2D eigenvalue weighted by Gasteiger charge is -2.09. The van der Waals surface area contributed by atoms with Gasteiger partial charge in [0.25, 0.3) is 5.91 Å². The van der Waals surface area contributed by atoms with Crippen LogP contribution in [0.15, 0.2) is 54.6 Å². The van der Waals surface area contributed by atoms with Gasteiger partial charge in [-0.25, -0.2) is 4.39 Å². The topological polar surface area (TPSA) is 66.9 Å². The molecule has 132 valence electrons. The highest BCUT2D eigenvalue weighted by atomic mass is 19.1. The fourth-order valence-corrected chi connectivity index (χ4v) is 2.40. The number of halogens is 1. The number of hydrogen-bond acceptors (Lipinski definition) is 4. The van der Waals surface area contributed by atoms with E-state index < -0.39 is 0 Å². The Hall–Kier alpha value is -3.28. The first kappa shape index (κ1) is 17.5. The van der Waals surface area contributed by atoms with Gasteiger partial charge in [0.05, 0.1) is 0 Å². The molecule has 0 bridgehead atoms. The minimum atomic E-state index is -0.309. The third-order valence-electron chi connectivity index (χ3n) is 3.93. The molecule has 1 aromatic heterocycles. The summed E-state index contributed by atoms with van der Waals surface area (Å²) < 4.78 is 12.9. The minimum Gasteiger partial charge on any atom is -0.365 e. The third kappa shape index (κ3) is 4.42. The van der Waals surface area contributed by atoms with E-state index in [1.54, 1.807) is 24.3 Å². The second kappa shape index (κ2) is 7.74. The van der Waals surface area contributed by atoms with Crippen LogP contribution in [0.5, 0.6) is 0 Å². The molecule has 5 nitrogen and oxygen atoms in total. The van der Waals surface area contributed by atoms with Gasteiger partial charge in [0, 0.05) is 12.2 Å². The lowest BCUT2D eigenvalue weighted by molar-refractivity contribution is 0.102. The number of carbonyl (C=O) groups excluding carboxylic acids is 1. The average Bonchev–Trinajstić information content (AvgIpc) is 2.64. The first-order valence-corrected chi connectivity index (χ1v) is 8.22. The van der Waals surface area contributed by atoms with Gasteiger partial charge in [0.1, 0.15) is 11.6 Å². The van der Waals surface area contributed by atoms with Crippen LogP contribution in [0, 0.1) is 19.7 Å². The second-order valence-electron chi connectivity index (χ2n) is 6.06. The number of amides is 1. The van der Waals surface area contributed by atoms with Crippen LogP contribution in [0.1, 0.15) is 27.2 Å². The van der Waals surface area contributed by atoms with Crippen LogP contribution in [0.4, 0.5) is 15.9 Å². The molecule has 0 saturated heterocycles. The predicted molar refractivity (Wildman–Crippen MR) is 99.6 cm³/mol. The summed E-state index contributed by atoms with van der Waals surface area (Å²) in [5.41, 5.74) is 3.96. The van der Waals surface area contributed by atoms with E-state index in [1.165, 1.54) is 12.1 Å². The van der Waals surface area contributed by atoms with Crippen molar-refractivity contribution in [2.24, 2.45) is 0 Å². The molecule has 0 saturated carbocycles. The maximum atomic E-state index is 12.9. The first-order valence-electron chi connectivity index (χ1n) is 8.22. The summed E-state index contributed by atoms with van der Waals surface area (Å²) in [6, 6.07) is 15.4. The Labute approximate surface area is 151 Å². The van der Waals surface area contributed by atoms with Crippen molar-refractivity contribution < 1.29 is 9.18 Å². The highest BCUT2D eigenvalue weighted by Gasteiger charge is 2.10. The molecule has 0 aliphatic heterocycles. The van der Waals surface area contributed by atoms with Crippen molar-refractivity contribution in [3.8, 4) is 0 Å². The molecule has 0 aliphatic rings. The second-order valence-corrected chi connectivity index (χ2v) is 6.06. The normalized spacial score (nSPS) is 10.4. The highest BCUT2D eigenvalue weighted by Crippen LogP contribution is 2.17. The smallest absolute Gasteiger partial charge is 0.276 e. The molecule has 0 atom stereocenters. The van der Waals surface area contributed by atoms with Crippen molar-refractivity contribution in [1.29, 1.82) is 0 Å². The van der Waals surface area contributed by atoms with Gasteiger partial charge in [-0.3, -0.25) is 4.79 Å². The number of aromatic nitrogens is 2.